The molecular formula is C20H24FIN4O3. The first-order valence-electron chi connectivity index (χ1n) is 9.83. The number of aryl methyl sites for hydroxylation is 1. The van der Waals surface area contributed by atoms with Gasteiger partial charge in [0.1, 0.15) is 30.3 Å². The number of aromatic nitrogens is 3. The summed E-state index contributed by atoms with van der Waals surface area (Å²) >= 11 is 2.44. The van der Waals surface area contributed by atoms with Gasteiger partial charge in [0.05, 0.1) is 0 Å². The fourth-order valence-corrected chi connectivity index (χ4v) is 4.54. The number of amides is 1. The number of carbonyl (C=O) groups excluding carboxylic acids is 1. The van der Waals surface area contributed by atoms with Crippen LogP contribution in [0.2, 0.25) is 0 Å². The quantitative estimate of drug-likeness (QED) is 0.402. The minimum Gasteiger partial charge on any atom is -0.490 e. The van der Waals surface area contributed by atoms with Crippen molar-refractivity contribution in [3.05, 3.63) is 35.2 Å². The lowest BCUT2D eigenvalue weighted by molar-refractivity contribution is 0.0887. The van der Waals surface area contributed by atoms with Gasteiger partial charge in [-0.15, -0.1) is 0 Å². The highest BCUT2D eigenvalue weighted by Gasteiger charge is 2.48. The van der Waals surface area contributed by atoms with Gasteiger partial charge < -0.3 is 14.6 Å². The smallest absolute Gasteiger partial charge is 0.270 e. The van der Waals surface area contributed by atoms with Crippen molar-refractivity contribution in [2.24, 2.45) is 0 Å². The fourth-order valence-electron chi connectivity index (χ4n) is 3.51. The molecule has 2 aromatic rings. The monoisotopic (exact) mass is 514 g/mol. The number of rotatable bonds is 9. The highest BCUT2D eigenvalue weighted by molar-refractivity contribution is 14.1. The molecule has 1 amide bonds. The van der Waals surface area contributed by atoms with Gasteiger partial charge in [0.2, 0.25) is 5.89 Å². The lowest BCUT2D eigenvalue weighted by atomic mass is 9.93. The third kappa shape index (κ3) is 4.70. The highest BCUT2D eigenvalue weighted by atomic mass is 127. The molecular weight excluding hydrogens is 490 g/mol. The van der Waals surface area contributed by atoms with Gasteiger partial charge in [-0.05, 0) is 44.9 Å². The summed E-state index contributed by atoms with van der Waals surface area (Å²) in [5, 5.41) is 7.12. The van der Waals surface area contributed by atoms with E-state index in [2.05, 4.69) is 43.0 Å². The van der Waals surface area contributed by atoms with E-state index in [0.29, 0.717) is 29.8 Å². The summed E-state index contributed by atoms with van der Waals surface area (Å²) in [5.41, 5.74) is 0.382. The second kappa shape index (κ2) is 7.81. The molecule has 1 atom stereocenters. The van der Waals surface area contributed by atoms with Crippen LogP contribution in [0.15, 0.2) is 16.8 Å². The fraction of sp³-hybridized carbons (Fsp3) is 0.600. The Balaban J connectivity index is 1.58. The molecule has 2 saturated carbocycles. The summed E-state index contributed by atoms with van der Waals surface area (Å²) in [6.45, 7) is 3.01. The maximum Gasteiger partial charge on any atom is 0.270 e. The number of ether oxygens (including phenoxy) is 1. The minimum absolute atomic E-state index is 0.0397. The minimum atomic E-state index is -0.788. The van der Waals surface area contributed by atoms with Crippen LogP contribution in [0, 0.1) is 6.92 Å². The molecule has 0 bridgehead atoms. The number of hydrogen-bond acceptors (Lipinski definition) is 6. The lowest BCUT2D eigenvalue weighted by Gasteiger charge is -2.29. The first-order chi connectivity index (χ1) is 13.8. The van der Waals surface area contributed by atoms with Crippen LogP contribution in [-0.2, 0) is 5.54 Å². The molecule has 29 heavy (non-hydrogen) atoms. The number of alkyl halides is 2. The predicted molar refractivity (Wildman–Crippen MR) is 112 cm³/mol. The predicted octanol–water partition coefficient (Wildman–Crippen LogP) is 4.00. The summed E-state index contributed by atoms with van der Waals surface area (Å²) in [5.74, 6) is 1.48. The van der Waals surface area contributed by atoms with E-state index in [0.717, 1.165) is 31.2 Å². The Hall–Kier alpha value is -1.78. The van der Waals surface area contributed by atoms with Crippen molar-refractivity contribution in [2.45, 2.75) is 60.8 Å². The van der Waals surface area contributed by atoms with Crippen LogP contribution in [0.1, 0.15) is 72.7 Å². The topological polar surface area (TPSA) is 90.1 Å². The van der Waals surface area contributed by atoms with Crippen LogP contribution in [-0.4, -0.2) is 37.7 Å². The second-order valence-corrected chi connectivity index (χ2v) is 10.5. The molecule has 4 rings (SSSR count). The lowest BCUT2D eigenvalue weighted by Crippen LogP contribution is -2.46. The van der Waals surface area contributed by atoms with Gasteiger partial charge in [0.25, 0.3) is 5.91 Å². The molecule has 2 fully saturated rings. The summed E-state index contributed by atoms with van der Waals surface area (Å²) < 4.78 is 23.4. The summed E-state index contributed by atoms with van der Waals surface area (Å²) in [7, 11) is 0. The number of hydrogen-bond donors (Lipinski definition) is 1. The maximum absolute atomic E-state index is 13.1. The van der Waals surface area contributed by atoms with Gasteiger partial charge in [-0.2, -0.15) is 4.98 Å². The van der Waals surface area contributed by atoms with Gasteiger partial charge in [-0.25, -0.2) is 4.39 Å². The van der Waals surface area contributed by atoms with Crippen LogP contribution in [0.4, 0.5) is 4.39 Å². The number of halogens is 2. The molecule has 0 aliphatic heterocycles. The Bertz CT molecular complexity index is 913. The molecule has 2 aliphatic carbocycles. The second-order valence-electron chi connectivity index (χ2n) is 8.17. The van der Waals surface area contributed by atoms with Gasteiger partial charge in [0.15, 0.2) is 5.82 Å². The van der Waals surface area contributed by atoms with Crippen LogP contribution in [0.25, 0.3) is 0 Å². The molecule has 2 heterocycles. The molecule has 0 spiro atoms. The molecule has 156 valence electrons. The zero-order chi connectivity index (χ0) is 20.6. The molecule has 9 heteroatoms. The molecule has 0 radical (unpaired) electrons. The zero-order valence-electron chi connectivity index (χ0n) is 16.5. The van der Waals surface area contributed by atoms with E-state index in [4.69, 9.17) is 9.26 Å². The van der Waals surface area contributed by atoms with E-state index in [1.165, 1.54) is 0 Å². The number of pyridine rings is 1. The molecule has 1 unspecified atom stereocenters. The Morgan fingerprint density at radius 3 is 2.83 bits per heavy atom. The first kappa shape index (κ1) is 20.5. The third-order valence-electron chi connectivity index (χ3n) is 5.35. The van der Waals surface area contributed by atoms with Crippen molar-refractivity contribution < 1.29 is 18.4 Å². The number of carbonyl (C=O) groups is 1. The van der Waals surface area contributed by atoms with Crippen LogP contribution < -0.4 is 10.1 Å². The van der Waals surface area contributed by atoms with Gasteiger partial charge in [0, 0.05) is 28.2 Å². The number of nitrogens with one attached hydrogen (secondary N) is 1. The Morgan fingerprint density at radius 1 is 1.48 bits per heavy atom. The Kier molecular flexibility index (Phi) is 5.52. The molecule has 2 aliphatic rings. The van der Waals surface area contributed by atoms with E-state index in [-0.39, 0.29) is 21.6 Å². The average molecular weight is 514 g/mol. The maximum atomic E-state index is 13.1. The van der Waals surface area contributed by atoms with Crippen molar-refractivity contribution in [2.75, 3.05) is 13.3 Å². The Labute approximate surface area is 182 Å². The van der Waals surface area contributed by atoms with Gasteiger partial charge in [-0.1, -0.05) is 27.7 Å². The van der Waals surface area contributed by atoms with Crippen molar-refractivity contribution in [3.63, 3.8) is 0 Å². The SMILES string of the molecule is Cc1nc(C(C)(CC2(I)CC2)NC(=O)c2cc(OCCF)c(C3CC3)cn2)no1. The van der Waals surface area contributed by atoms with Gasteiger partial charge in [-0.3, -0.25) is 9.78 Å². The normalized spacial score (nSPS) is 19.4. The Morgan fingerprint density at radius 2 is 2.24 bits per heavy atom. The largest absolute Gasteiger partial charge is 0.490 e. The average Bonchev–Trinajstić information content (AvgIpc) is 3.60. The highest BCUT2D eigenvalue weighted by Crippen LogP contribution is 2.52. The zero-order valence-corrected chi connectivity index (χ0v) is 18.7. The summed E-state index contributed by atoms with van der Waals surface area (Å²) in [6, 6.07) is 1.61. The summed E-state index contributed by atoms with van der Waals surface area (Å²) in [6.07, 6.45) is 6.67. The van der Waals surface area contributed by atoms with Crippen molar-refractivity contribution >= 4 is 28.5 Å². The van der Waals surface area contributed by atoms with E-state index < -0.39 is 12.2 Å². The molecule has 7 nitrogen and oxygen atoms in total. The van der Waals surface area contributed by atoms with Gasteiger partial charge >= 0.3 is 0 Å². The molecule has 2 aromatic heterocycles. The van der Waals surface area contributed by atoms with E-state index in [1.807, 2.05) is 6.92 Å². The molecule has 0 saturated heterocycles. The van der Waals surface area contributed by atoms with Crippen molar-refractivity contribution in [1.29, 1.82) is 0 Å². The van der Waals surface area contributed by atoms with Crippen molar-refractivity contribution in [1.82, 2.24) is 20.4 Å². The first-order valence-corrected chi connectivity index (χ1v) is 10.9. The van der Waals surface area contributed by atoms with Crippen LogP contribution >= 0.6 is 22.6 Å². The van der Waals surface area contributed by atoms with E-state index >= 15 is 0 Å². The third-order valence-corrected chi connectivity index (χ3v) is 6.81. The summed E-state index contributed by atoms with van der Waals surface area (Å²) in [4.78, 5) is 21.8. The molecule has 0 aromatic carbocycles. The molecule has 1 N–H and O–H groups in total. The van der Waals surface area contributed by atoms with Crippen LogP contribution in [0.5, 0.6) is 5.75 Å². The van der Waals surface area contributed by atoms with Crippen molar-refractivity contribution in [3.8, 4) is 5.75 Å². The number of nitrogens with zero attached hydrogens (tertiary/aromatic N) is 3. The standard InChI is InChI=1S/C20H24FIN4O3/c1-12-24-18(26-29-12)19(2,11-20(22)5-6-20)25-17(27)15-9-16(28-8-7-21)14(10-23-15)13-3-4-13/h9-10,13H,3-8,11H2,1-2H3,(H,25,27). The van der Waals surface area contributed by atoms with E-state index in [9.17, 15) is 9.18 Å². The van der Waals surface area contributed by atoms with Crippen LogP contribution in [0.3, 0.4) is 0 Å². The van der Waals surface area contributed by atoms with E-state index in [1.54, 1.807) is 19.2 Å².